The molecule has 1 heterocycles. The summed E-state index contributed by atoms with van der Waals surface area (Å²) in [5.74, 6) is 1.89. The zero-order chi connectivity index (χ0) is 10.7. The third-order valence-electron chi connectivity index (χ3n) is 2.96. The van der Waals surface area contributed by atoms with E-state index in [1.165, 1.54) is 18.7 Å². The first-order valence-corrected chi connectivity index (χ1v) is 6.03. The molecule has 3 nitrogen and oxygen atoms in total. The highest BCUT2D eigenvalue weighted by molar-refractivity contribution is 4.92. The van der Waals surface area contributed by atoms with Crippen LogP contribution in [0.2, 0.25) is 0 Å². The van der Waals surface area contributed by atoms with E-state index in [-0.39, 0.29) is 0 Å². The molecule has 0 spiro atoms. The maximum absolute atomic E-state index is 4.34. The van der Waals surface area contributed by atoms with Crippen molar-refractivity contribution in [3.63, 3.8) is 0 Å². The molecule has 1 fully saturated rings. The molecule has 0 bridgehead atoms. The summed E-state index contributed by atoms with van der Waals surface area (Å²) < 4.78 is 2.28. The molecule has 1 aromatic rings. The van der Waals surface area contributed by atoms with Crippen molar-refractivity contribution in [1.29, 1.82) is 0 Å². The van der Waals surface area contributed by atoms with Gasteiger partial charge in [-0.3, -0.25) is 0 Å². The first-order chi connectivity index (χ1) is 7.29. The van der Waals surface area contributed by atoms with Gasteiger partial charge in [0.2, 0.25) is 0 Å². The minimum atomic E-state index is 0.685. The Morgan fingerprint density at radius 2 is 2.40 bits per heavy atom. The monoisotopic (exact) mass is 207 g/mol. The molecule has 0 aliphatic heterocycles. The third-order valence-corrected chi connectivity index (χ3v) is 2.96. The average Bonchev–Trinajstić information content (AvgIpc) is 2.96. The van der Waals surface area contributed by atoms with Crippen molar-refractivity contribution in [2.75, 3.05) is 6.54 Å². The summed E-state index contributed by atoms with van der Waals surface area (Å²) in [5, 5.41) is 3.57. The van der Waals surface area contributed by atoms with E-state index in [2.05, 4.69) is 34.9 Å². The molecule has 0 aromatic carbocycles. The largest absolute Gasteiger partial charge is 0.335 e. The van der Waals surface area contributed by atoms with Crippen LogP contribution < -0.4 is 5.32 Å². The first kappa shape index (κ1) is 10.7. The van der Waals surface area contributed by atoms with Crippen molar-refractivity contribution >= 4 is 0 Å². The van der Waals surface area contributed by atoms with Crippen LogP contribution >= 0.6 is 0 Å². The third kappa shape index (κ3) is 3.06. The molecule has 1 aromatic heterocycles. The predicted molar refractivity (Wildman–Crippen MR) is 61.8 cm³/mol. The maximum atomic E-state index is 4.34. The first-order valence-electron chi connectivity index (χ1n) is 6.03. The van der Waals surface area contributed by atoms with Gasteiger partial charge in [-0.1, -0.05) is 13.8 Å². The molecule has 1 saturated carbocycles. The number of hydrogen-bond donors (Lipinski definition) is 1. The summed E-state index contributed by atoms with van der Waals surface area (Å²) in [4.78, 5) is 4.34. The fourth-order valence-corrected chi connectivity index (χ4v) is 1.88. The number of rotatable bonds is 6. The Hall–Kier alpha value is -0.830. The maximum Gasteiger partial charge on any atom is 0.108 e. The summed E-state index contributed by atoms with van der Waals surface area (Å²) >= 11 is 0. The van der Waals surface area contributed by atoms with Gasteiger partial charge in [0.15, 0.2) is 0 Å². The quantitative estimate of drug-likeness (QED) is 0.771. The van der Waals surface area contributed by atoms with E-state index in [1.54, 1.807) is 0 Å². The highest BCUT2D eigenvalue weighted by Crippen LogP contribution is 2.19. The van der Waals surface area contributed by atoms with Gasteiger partial charge in [0.1, 0.15) is 5.82 Å². The summed E-state index contributed by atoms with van der Waals surface area (Å²) in [6, 6.07) is 0.820. The zero-order valence-corrected chi connectivity index (χ0v) is 9.74. The van der Waals surface area contributed by atoms with E-state index < -0.39 is 0 Å². The summed E-state index contributed by atoms with van der Waals surface area (Å²) in [5.41, 5.74) is 0. The van der Waals surface area contributed by atoms with Crippen molar-refractivity contribution in [3.05, 3.63) is 18.2 Å². The van der Waals surface area contributed by atoms with Gasteiger partial charge in [-0.2, -0.15) is 0 Å². The van der Waals surface area contributed by atoms with Crippen LogP contribution in [0.5, 0.6) is 0 Å². The number of aromatic nitrogens is 2. The van der Waals surface area contributed by atoms with Gasteiger partial charge in [0.25, 0.3) is 0 Å². The summed E-state index contributed by atoms with van der Waals surface area (Å²) in [6.07, 6.45) is 7.76. The number of nitrogens with zero attached hydrogens (tertiary/aromatic N) is 2. The lowest BCUT2D eigenvalue weighted by atomic mass is 10.2. The Bertz CT molecular complexity index is 302. The molecule has 84 valence electrons. The van der Waals surface area contributed by atoms with Crippen LogP contribution in [0, 0.1) is 5.92 Å². The lowest BCUT2D eigenvalue weighted by Crippen LogP contribution is -2.26. The Labute approximate surface area is 91.9 Å². The van der Waals surface area contributed by atoms with E-state index in [0.29, 0.717) is 5.92 Å². The Balaban J connectivity index is 1.78. The molecule has 1 N–H and O–H groups in total. The van der Waals surface area contributed by atoms with Gasteiger partial charge < -0.3 is 9.88 Å². The topological polar surface area (TPSA) is 29.9 Å². The second-order valence-corrected chi connectivity index (χ2v) is 4.64. The van der Waals surface area contributed by atoms with Crippen LogP contribution in [0.4, 0.5) is 0 Å². The second-order valence-electron chi connectivity index (χ2n) is 4.64. The van der Waals surface area contributed by atoms with Crippen LogP contribution in [0.1, 0.15) is 32.5 Å². The van der Waals surface area contributed by atoms with Gasteiger partial charge in [-0.15, -0.1) is 0 Å². The molecular formula is C12H21N3. The van der Waals surface area contributed by atoms with E-state index in [9.17, 15) is 0 Å². The van der Waals surface area contributed by atoms with E-state index in [4.69, 9.17) is 0 Å². The lowest BCUT2D eigenvalue weighted by Gasteiger charge is -2.14. The highest BCUT2D eigenvalue weighted by Gasteiger charge is 2.20. The molecule has 2 rings (SSSR count). The highest BCUT2D eigenvalue weighted by atomic mass is 15.1. The predicted octanol–water partition coefficient (Wildman–Crippen LogP) is 1.83. The summed E-state index contributed by atoms with van der Waals surface area (Å²) in [7, 11) is 0. The van der Waals surface area contributed by atoms with Crippen molar-refractivity contribution in [2.24, 2.45) is 5.92 Å². The number of aryl methyl sites for hydroxylation is 1. The van der Waals surface area contributed by atoms with E-state index in [0.717, 1.165) is 25.6 Å². The van der Waals surface area contributed by atoms with Gasteiger partial charge >= 0.3 is 0 Å². The Kier molecular flexibility index (Phi) is 3.41. The molecule has 1 aliphatic carbocycles. The summed E-state index contributed by atoms with van der Waals surface area (Å²) in [6.45, 7) is 6.68. The second kappa shape index (κ2) is 4.79. The number of hydrogen-bond acceptors (Lipinski definition) is 2. The Morgan fingerprint density at radius 1 is 1.60 bits per heavy atom. The molecule has 1 unspecified atom stereocenters. The molecule has 1 aliphatic rings. The smallest absolute Gasteiger partial charge is 0.108 e. The number of imidazole rings is 1. The standard InChI is InChI=1S/C12H21N3/c1-3-12-13-6-7-15(12)9-10(2)8-14-11-4-5-11/h6-7,10-11,14H,3-5,8-9H2,1-2H3. The number of nitrogens with one attached hydrogen (secondary N) is 1. The van der Waals surface area contributed by atoms with E-state index in [1.807, 2.05) is 6.20 Å². The van der Waals surface area contributed by atoms with Crippen molar-refractivity contribution in [3.8, 4) is 0 Å². The molecule has 0 radical (unpaired) electrons. The molecule has 1 atom stereocenters. The fraction of sp³-hybridized carbons (Fsp3) is 0.750. The molecule has 3 heteroatoms. The lowest BCUT2D eigenvalue weighted by molar-refractivity contribution is 0.437. The normalized spacial score (nSPS) is 18.0. The van der Waals surface area contributed by atoms with Gasteiger partial charge in [-0.05, 0) is 25.3 Å². The van der Waals surface area contributed by atoms with Gasteiger partial charge in [-0.25, -0.2) is 4.98 Å². The SMILES string of the molecule is CCc1nccn1CC(C)CNC1CC1. The minimum Gasteiger partial charge on any atom is -0.335 e. The minimum absolute atomic E-state index is 0.685. The van der Waals surface area contributed by atoms with Crippen LogP contribution in [0.3, 0.4) is 0 Å². The van der Waals surface area contributed by atoms with Gasteiger partial charge in [0.05, 0.1) is 0 Å². The molecule has 0 amide bonds. The molecular weight excluding hydrogens is 186 g/mol. The Morgan fingerprint density at radius 3 is 3.07 bits per heavy atom. The van der Waals surface area contributed by atoms with E-state index >= 15 is 0 Å². The van der Waals surface area contributed by atoms with Gasteiger partial charge in [0, 0.05) is 31.4 Å². The zero-order valence-electron chi connectivity index (χ0n) is 9.74. The fourth-order valence-electron chi connectivity index (χ4n) is 1.88. The van der Waals surface area contributed by atoms with Crippen molar-refractivity contribution in [1.82, 2.24) is 14.9 Å². The van der Waals surface area contributed by atoms with Crippen molar-refractivity contribution < 1.29 is 0 Å². The van der Waals surface area contributed by atoms with Crippen molar-refractivity contribution in [2.45, 2.75) is 45.7 Å². The van der Waals surface area contributed by atoms with Crippen LogP contribution in [-0.4, -0.2) is 22.1 Å². The van der Waals surface area contributed by atoms with Crippen LogP contribution in [-0.2, 0) is 13.0 Å². The molecule has 0 saturated heterocycles. The molecule has 15 heavy (non-hydrogen) atoms. The average molecular weight is 207 g/mol. The van der Waals surface area contributed by atoms with Crippen LogP contribution in [0.15, 0.2) is 12.4 Å². The van der Waals surface area contributed by atoms with Crippen LogP contribution in [0.25, 0.3) is 0 Å².